The summed E-state index contributed by atoms with van der Waals surface area (Å²) in [7, 11) is -3.16. The van der Waals surface area contributed by atoms with Crippen molar-refractivity contribution in [3.63, 3.8) is 0 Å². The largest absolute Gasteiger partial charge is 0.252 e. The van der Waals surface area contributed by atoms with Crippen molar-refractivity contribution >= 4 is 9.84 Å². The van der Waals surface area contributed by atoms with Crippen LogP contribution in [0.3, 0.4) is 0 Å². The summed E-state index contributed by atoms with van der Waals surface area (Å²) in [4.78, 5) is 3.69. The predicted molar refractivity (Wildman–Crippen MR) is 58.3 cm³/mol. The molecule has 0 saturated carbocycles. The molecule has 16 heavy (non-hydrogen) atoms. The van der Waals surface area contributed by atoms with Crippen molar-refractivity contribution in [3.05, 3.63) is 12.2 Å². The van der Waals surface area contributed by atoms with Crippen LogP contribution in [0.25, 0.3) is 0 Å². The average molecular weight is 242 g/mol. The summed E-state index contributed by atoms with van der Waals surface area (Å²) in [5.41, 5.74) is 0. The molecule has 0 fully saturated rings. The number of rotatable bonds is 3. The van der Waals surface area contributed by atoms with Gasteiger partial charge in [0.15, 0.2) is 9.84 Å². The summed E-state index contributed by atoms with van der Waals surface area (Å²) in [6.45, 7) is 5.19. The molecule has 0 saturated heterocycles. The molecule has 1 rings (SSSR count). The molecule has 1 aromatic rings. The van der Waals surface area contributed by atoms with E-state index < -0.39 is 14.6 Å². The summed E-state index contributed by atoms with van der Waals surface area (Å²) in [6, 6.07) is 1.78. The van der Waals surface area contributed by atoms with Crippen LogP contribution < -0.4 is 0 Å². The van der Waals surface area contributed by atoms with Crippen molar-refractivity contribution in [2.75, 3.05) is 5.75 Å². The highest BCUT2D eigenvalue weighted by molar-refractivity contribution is 7.92. The van der Waals surface area contributed by atoms with Crippen LogP contribution in [0, 0.1) is 11.3 Å². The Kier molecular flexibility index (Phi) is 3.33. The Bertz CT molecular complexity index is 504. The monoisotopic (exact) mass is 242 g/mol. The molecule has 1 heterocycles. The fourth-order valence-corrected chi connectivity index (χ4v) is 2.01. The minimum Gasteiger partial charge on any atom is -0.251 e. The number of sulfone groups is 1. The maximum atomic E-state index is 11.8. The summed E-state index contributed by atoms with van der Waals surface area (Å²) in [6.07, 6.45) is 1.36. The summed E-state index contributed by atoms with van der Waals surface area (Å²) in [5.74, 6) is 0.0400. The van der Waals surface area contributed by atoms with E-state index in [4.69, 9.17) is 5.26 Å². The minimum absolute atomic E-state index is 0.00920. The van der Waals surface area contributed by atoms with Crippen LogP contribution in [0.1, 0.15) is 26.6 Å². The van der Waals surface area contributed by atoms with Crippen LogP contribution in [-0.2, 0) is 16.4 Å². The first-order valence-electron chi connectivity index (χ1n) is 4.78. The third-order valence-corrected chi connectivity index (χ3v) is 4.74. The van der Waals surface area contributed by atoms with E-state index in [0.29, 0.717) is 0 Å². The molecular weight excluding hydrogens is 228 g/mol. The van der Waals surface area contributed by atoms with Gasteiger partial charge in [0.1, 0.15) is 12.4 Å². The van der Waals surface area contributed by atoms with Gasteiger partial charge in [-0.15, -0.1) is 5.10 Å². The van der Waals surface area contributed by atoms with E-state index in [1.807, 2.05) is 0 Å². The van der Waals surface area contributed by atoms with E-state index in [9.17, 15) is 8.42 Å². The van der Waals surface area contributed by atoms with E-state index in [1.165, 1.54) is 11.0 Å². The third kappa shape index (κ3) is 2.79. The minimum atomic E-state index is -3.16. The lowest BCUT2D eigenvalue weighted by Gasteiger charge is -2.18. The van der Waals surface area contributed by atoms with Crippen molar-refractivity contribution in [1.29, 1.82) is 5.26 Å². The smallest absolute Gasteiger partial charge is 0.251 e. The van der Waals surface area contributed by atoms with Gasteiger partial charge in [-0.25, -0.2) is 13.4 Å². The zero-order valence-electron chi connectivity index (χ0n) is 9.51. The lowest BCUT2D eigenvalue weighted by Crippen LogP contribution is -2.32. The molecule has 0 amide bonds. The Morgan fingerprint density at radius 3 is 2.56 bits per heavy atom. The lowest BCUT2D eigenvalue weighted by molar-refractivity contribution is 0.548. The highest BCUT2D eigenvalue weighted by atomic mass is 32.2. The lowest BCUT2D eigenvalue weighted by atomic mass is 10.3. The molecule has 1 aromatic heterocycles. The summed E-state index contributed by atoms with van der Waals surface area (Å²) in [5, 5.41) is 12.3. The highest BCUT2D eigenvalue weighted by Crippen LogP contribution is 2.15. The first-order valence-corrected chi connectivity index (χ1v) is 6.43. The third-order valence-electron chi connectivity index (χ3n) is 2.16. The van der Waals surface area contributed by atoms with Crippen LogP contribution in [0.4, 0.5) is 0 Å². The Morgan fingerprint density at radius 1 is 1.50 bits per heavy atom. The van der Waals surface area contributed by atoms with Gasteiger partial charge in [0.05, 0.1) is 17.0 Å². The maximum Gasteiger partial charge on any atom is 0.252 e. The number of aryl methyl sites for hydroxylation is 1. The Balaban J connectivity index is 2.70. The molecule has 0 atom stereocenters. The SMILES string of the molecule is CC(C)(C)S(=O)(=O)CCn1cnc(C#N)n1. The van der Waals surface area contributed by atoms with Gasteiger partial charge in [-0.3, -0.25) is 4.68 Å². The Hall–Kier alpha value is -1.42. The van der Waals surface area contributed by atoms with E-state index in [1.54, 1.807) is 26.8 Å². The van der Waals surface area contributed by atoms with Crippen LogP contribution in [-0.4, -0.2) is 33.7 Å². The van der Waals surface area contributed by atoms with E-state index in [-0.39, 0.29) is 18.1 Å². The second-order valence-electron chi connectivity index (χ2n) is 4.37. The van der Waals surface area contributed by atoms with Gasteiger partial charge in [0, 0.05) is 0 Å². The van der Waals surface area contributed by atoms with E-state index in [2.05, 4.69) is 10.1 Å². The standard InChI is InChI=1S/C9H14N4O2S/c1-9(2,3)16(14,15)5-4-13-7-11-8(6-10)12-13/h7H,4-5H2,1-3H3. The molecule has 88 valence electrons. The van der Waals surface area contributed by atoms with Gasteiger partial charge in [-0.1, -0.05) is 0 Å². The topological polar surface area (TPSA) is 88.6 Å². The number of aromatic nitrogens is 3. The average Bonchev–Trinajstić information content (AvgIpc) is 2.60. The molecule has 0 unspecified atom stereocenters. The zero-order chi connectivity index (χ0) is 12.4. The first-order chi connectivity index (χ1) is 7.26. The molecule has 0 aliphatic carbocycles. The zero-order valence-corrected chi connectivity index (χ0v) is 10.3. The molecule has 0 bridgehead atoms. The Morgan fingerprint density at radius 2 is 2.12 bits per heavy atom. The summed E-state index contributed by atoms with van der Waals surface area (Å²) < 4.78 is 24.1. The molecule has 0 aliphatic heterocycles. The van der Waals surface area contributed by atoms with Crippen LogP contribution in [0.2, 0.25) is 0 Å². The van der Waals surface area contributed by atoms with Gasteiger partial charge in [-0.05, 0) is 20.8 Å². The number of hydrogen-bond acceptors (Lipinski definition) is 5. The normalized spacial score (nSPS) is 12.4. The number of nitriles is 1. The predicted octanol–water partition coefficient (Wildman–Crippen LogP) is 0.363. The second kappa shape index (κ2) is 4.22. The van der Waals surface area contributed by atoms with Gasteiger partial charge >= 0.3 is 0 Å². The van der Waals surface area contributed by atoms with Gasteiger partial charge in [0.2, 0.25) is 0 Å². The molecule has 0 radical (unpaired) electrons. The highest BCUT2D eigenvalue weighted by Gasteiger charge is 2.28. The molecule has 0 spiro atoms. The van der Waals surface area contributed by atoms with E-state index in [0.717, 1.165) is 0 Å². The van der Waals surface area contributed by atoms with Gasteiger partial charge < -0.3 is 0 Å². The summed E-state index contributed by atoms with van der Waals surface area (Å²) >= 11 is 0. The first kappa shape index (κ1) is 12.6. The van der Waals surface area contributed by atoms with Crippen LogP contribution in [0.5, 0.6) is 0 Å². The van der Waals surface area contributed by atoms with Crippen molar-refractivity contribution in [2.45, 2.75) is 32.1 Å². The molecule has 6 nitrogen and oxygen atoms in total. The molecule has 0 aliphatic rings. The van der Waals surface area contributed by atoms with Crippen molar-refractivity contribution in [3.8, 4) is 6.07 Å². The van der Waals surface area contributed by atoms with Gasteiger partial charge in [0.25, 0.3) is 5.82 Å². The van der Waals surface area contributed by atoms with Crippen LogP contribution >= 0.6 is 0 Å². The second-order valence-corrected chi connectivity index (χ2v) is 7.24. The van der Waals surface area contributed by atoms with E-state index >= 15 is 0 Å². The molecule has 0 aromatic carbocycles. The van der Waals surface area contributed by atoms with Gasteiger partial charge in [-0.2, -0.15) is 5.26 Å². The fourth-order valence-electron chi connectivity index (χ4n) is 0.973. The van der Waals surface area contributed by atoms with Crippen molar-refractivity contribution in [1.82, 2.24) is 14.8 Å². The number of nitrogens with zero attached hydrogens (tertiary/aromatic N) is 4. The molecule has 0 N–H and O–H groups in total. The van der Waals surface area contributed by atoms with Crippen LogP contribution in [0.15, 0.2) is 6.33 Å². The molecule has 7 heteroatoms. The maximum absolute atomic E-state index is 11.8. The quantitative estimate of drug-likeness (QED) is 0.763. The Labute approximate surface area is 94.8 Å². The fraction of sp³-hybridized carbons (Fsp3) is 0.667. The number of hydrogen-bond donors (Lipinski definition) is 0. The van der Waals surface area contributed by atoms with Crippen molar-refractivity contribution in [2.24, 2.45) is 0 Å². The van der Waals surface area contributed by atoms with Crippen molar-refractivity contribution < 1.29 is 8.42 Å². The molecular formula is C9H14N4O2S.